The molecule has 0 atom stereocenters. The van der Waals surface area contributed by atoms with Gasteiger partial charge in [0.15, 0.2) is 0 Å². The van der Waals surface area contributed by atoms with E-state index in [0.717, 1.165) is 11.1 Å². The molecular formula is C16H14N2O6. The Hall–Kier alpha value is -3.29. The summed E-state index contributed by atoms with van der Waals surface area (Å²) in [6.07, 6.45) is 0.198. The van der Waals surface area contributed by atoms with Gasteiger partial charge in [0.25, 0.3) is 11.4 Å². The van der Waals surface area contributed by atoms with Crippen molar-refractivity contribution in [3.8, 4) is 0 Å². The topological polar surface area (TPSA) is 124 Å². The first-order valence-corrected chi connectivity index (χ1v) is 7.09. The van der Waals surface area contributed by atoms with E-state index < -0.39 is 15.8 Å². The molecule has 0 saturated heterocycles. The van der Waals surface area contributed by atoms with Crippen LogP contribution in [0.5, 0.6) is 0 Å². The monoisotopic (exact) mass is 330 g/mol. The quantitative estimate of drug-likeness (QED) is 0.612. The third kappa shape index (κ3) is 4.13. The number of carbonyl (C=O) groups is 1. The Kier molecular flexibility index (Phi) is 5.20. The molecule has 24 heavy (non-hydrogen) atoms. The highest BCUT2D eigenvalue weighted by Gasteiger charge is 2.18. The van der Waals surface area contributed by atoms with Crippen molar-refractivity contribution in [1.82, 2.24) is 0 Å². The van der Waals surface area contributed by atoms with Crippen molar-refractivity contribution >= 4 is 17.3 Å². The van der Waals surface area contributed by atoms with Gasteiger partial charge in [0.2, 0.25) is 0 Å². The number of nitro groups is 2. The first-order chi connectivity index (χ1) is 11.4. The average molecular weight is 330 g/mol. The average Bonchev–Trinajstić information content (AvgIpc) is 2.55. The number of aliphatic carboxylic acids is 1. The van der Waals surface area contributed by atoms with Crippen LogP contribution in [0.25, 0.3) is 0 Å². The molecular weight excluding hydrogens is 316 g/mol. The van der Waals surface area contributed by atoms with Crippen molar-refractivity contribution in [2.45, 2.75) is 18.8 Å². The molecule has 2 aromatic carbocycles. The number of benzene rings is 2. The van der Waals surface area contributed by atoms with Gasteiger partial charge in [-0.2, -0.15) is 0 Å². The van der Waals surface area contributed by atoms with Crippen LogP contribution >= 0.6 is 0 Å². The molecule has 2 aromatic rings. The normalized spacial score (nSPS) is 10.5. The van der Waals surface area contributed by atoms with Gasteiger partial charge in [0.1, 0.15) is 0 Å². The van der Waals surface area contributed by atoms with E-state index in [1.54, 1.807) is 24.3 Å². The van der Waals surface area contributed by atoms with Crippen LogP contribution in [-0.4, -0.2) is 20.9 Å². The summed E-state index contributed by atoms with van der Waals surface area (Å²) in [6.45, 7) is 0. The van der Waals surface area contributed by atoms with Gasteiger partial charge in [-0.15, -0.1) is 0 Å². The second kappa shape index (κ2) is 7.32. The summed E-state index contributed by atoms with van der Waals surface area (Å²) in [5.41, 5.74) is 1.32. The van der Waals surface area contributed by atoms with Crippen LogP contribution < -0.4 is 0 Å². The van der Waals surface area contributed by atoms with E-state index in [9.17, 15) is 25.0 Å². The minimum absolute atomic E-state index is 0.0561. The lowest BCUT2D eigenvalue weighted by Gasteiger charge is -2.17. The van der Waals surface area contributed by atoms with E-state index in [2.05, 4.69) is 0 Å². The summed E-state index contributed by atoms with van der Waals surface area (Å²) in [7, 11) is 0. The highest BCUT2D eigenvalue weighted by Crippen LogP contribution is 2.31. The lowest BCUT2D eigenvalue weighted by Crippen LogP contribution is -2.05. The van der Waals surface area contributed by atoms with Gasteiger partial charge in [-0.05, 0) is 17.5 Å². The summed E-state index contributed by atoms with van der Waals surface area (Å²) < 4.78 is 0. The maximum Gasteiger partial charge on any atom is 0.303 e. The van der Waals surface area contributed by atoms with E-state index in [0.29, 0.717) is 0 Å². The molecule has 0 spiro atoms. The molecule has 0 radical (unpaired) electrons. The molecule has 1 N–H and O–H groups in total. The Morgan fingerprint density at radius 3 is 1.54 bits per heavy atom. The van der Waals surface area contributed by atoms with Crippen molar-refractivity contribution in [3.63, 3.8) is 0 Å². The van der Waals surface area contributed by atoms with Crippen molar-refractivity contribution in [3.05, 3.63) is 79.9 Å². The summed E-state index contributed by atoms with van der Waals surface area (Å²) in [6, 6.07) is 11.7. The second-order valence-corrected chi connectivity index (χ2v) is 5.18. The van der Waals surface area contributed by atoms with E-state index >= 15 is 0 Å². The highest BCUT2D eigenvalue weighted by molar-refractivity contribution is 5.67. The van der Waals surface area contributed by atoms with Crippen LogP contribution in [-0.2, 0) is 4.79 Å². The molecule has 0 aliphatic heterocycles. The number of hydrogen-bond acceptors (Lipinski definition) is 5. The number of nitro benzene ring substituents is 2. The molecule has 2 rings (SSSR count). The van der Waals surface area contributed by atoms with E-state index in [1.165, 1.54) is 24.3 Å². The van der Waals surface area contributed by atoms with Gasteiger partial charge in [-0.3, -0.25) is 25.0 Å². The smallest absolute Gasteiger partial charge is 0.303 e. The number of non-ortho nitro benzene ring substituents is 2. The van der Waals surface area contributed by atoms with E-state index in [4.69, 9.17) is 5.11 Å². The molecule has 0 heterocycles. The zero-order valence-corrected chi connectivity index (χ0v) is 12.5. The summed E-state index contributed by atoms with van der Waals surface area (Å²) in [4.78, 5) is 31.3. The zero-order valence-electron chi connectivity index (χ0n) is 12.5. The first-order valence-electron chi connectivity index (χ1n) is 7.09. The SMILES string of the molecule is O=C(O)CCC(c1ccc([N+](=O)[O-])cc1)c1ccc([N+](=O)[O-])cc1. The molecule has 0 aromatic heterocycles. The fourth-order valence-corrected chi connectivity index (χ4v) is 2.45. The third-order valence-corrected chi connectivity index (χ3v) is 3.66. The molecule has 0 saturated carbocycles. The van der Waals surface area contributed by atoms with Crippen LogP contribution in [0.2, 0.25) is 0 Å². The minimum Gasteiger partial charge on any atom is -0.481 e. The number of carboxylic acids is 1. The van der Waals surface area contributed by atoms with Gasteiger partial charge >= 0.3 is 5.97 Å². The fraction of sp³-hybridized carbons (Fsp3) is 0.188. The molecule has 8 nitrogen and oxygen atoms in total. The maximum atomic E-state index is 10.9. The molecule has 0 fully saturated rings. The van der Waals surface area contributed by atoms with Crippen LogP contribution in [0.3, 0.4) is 0 Å². The lowest BCUT2D eigenvalue weighted by molar-refractivity contribution is -0.385. The van der Waals surface area contributed by atoms with E-state index in [1.807, 2.05) is 0 Å². The Balaban J connectivity index is 2.34. The second-order valence-electron chi connectivity index (χ2n) is 5.18. The van der Waals surface area contributed by atoms with Crippen molar-refractivity contribution in [1.29, 1.82) is 0 Å². The van der Waals surface area contributed by atoms with Crippen LogP contribution in [0.1, 0.15) is 29.9 Å². The molecule has 0 unspecified atom stereocenters. The Bertz CT molecular complexity index is 698. The van der Waals surface area contributed by atoms with Crippen molar-refractivity contribution < 1.29 is 19.7 Å². The maximum absolute atomic E-state index is 10.9. The first kappa shape index (κ1) is 17.1. The molecule has 0 bridgehead atoms. The van der Waals surface area contributed by atoms with Crippen LogP contribution in [0.15, 0.2) is 48.5 Å². The van der Waals surface area contributed by atoms with Gasteiger partial charge in [0.05, 0.1) is 9.85 Å². The highest BCUT2D eigenvalue weighted by atomic mass is 16.6. The Morgan fingerprint density at radius 1 is 0.875 bits per heavy atom. The number of hydrogen-bond donors (Lipinski definition) is 1. The van der Waals surface area contributed by atoms with Gasteiger partial charge < -0.3 is 5.11 Å². The Morgan fingerprint density at radius 2 is 1.25 bits per heavy atom. The summed E-state index contributed by atoms with van der Waals surface area (Å²) >= 11 is 0. The van der Waals surface area contributed by atoms with Crippen LogP contribution in [0, 0.1) is 20.2 Å². The third-order valence-electron chi connectivity index (χ3n) is 3.66. The lowest BCUT2D eigenvalue weighted by atomic mass is 9.87. The Labute approximate surface area is 136 Å². The van der Waals surface area contributed by atoms with Gasteiger partial charge in [-0.25, -0.2) is 0 Å². The van der Waals surface area contributed by atoms with Gasteiger partial charge in [0, 0.05) is 36.6 Å². The molecule has 8 heteroatoms. The number of carboxylic acid groups (broad SMARTS) is 1. The molecule has 124 valence electrons. The fourth-order valence-electron chi connectivity index (χ4n) is 2.45. The summed E-state index contributed by atoms with van der Waals surface area (Å²) in [5.74, 6) is -1.27. The van der Waals surface area contributed by atoms with E-state index in [-0.39, 0.29) is 30.1 Å². The summed E-state index contributed by atoms with van der Waals surface area (Å²) in [5, 5.41) is 30.4. The zero-order chi connectivity index (χ0) is 17.7. The molecule has 0 amide bonds. The number of rotatable bonds is 7. The predicted molar refractivity (Wildman–Crippen MR) is 84.9 cm³/mol. The number of nitrogens with zero attached hydrogens (tertiary/aromatic N) is 2. The van der Waals surface area contributed by atoms with Crippen LogP contribution in [0.4, 0.5) is 11.4 Å². The predicted octanol–water partition coefficient (Wildman–Crippen LogP) is 3.50. The van der Waals surface area contributed by atoms with Gasteiger partial charge in [-0.1, -0.05) is 24.3 Å². The molecule has 0 aliphatic rings. The molecule has 0 aliphatic carbocycles. The largest absolute Gasteiger partial charge is 0.481 e. The minimum atomic E-state index is -0.955. The standard InChI is InChI=1S/C16H14N2O6/c19-16(20)10-9-15(11-1-5-13(6-2-11)17(21)22)12-3-7-14(8-4-12)18(23)24/h1-8,15H,9-10H2,(H,19,20). The van der Waals surface area contributed by atoms with Crippen molar-refractivity contribution in [2.24, 2.45) is 0 Å². The van der Waals surface area contributed by atoms with Crippen molar-refractivity contribution in [2.75, 3.05) is 0 Å².